The summed E-state index contributed by atoms with van der Waals surface area (Å²) in [4.78, 5) is 11.8. The van der Waals surface area contributed by atoms with E-state index in [0.717, 1.165) is 35.8 Å². The van der Waals surface area contributed by atoms with E-state index in [1.165, 1.54) is 0 Å². The predicted octanol–water partition coefficient (Wildman–Crippen LogP) is 4.70. The van der Waals surface area contributed by atoms with Gasteiger partial charge in [-0.2, -0.15) is 0 Å². The van der Waals surface area contributed by atoms with Crippen molar-refractivity contribution in [2.75, 3.05) is 5.32 Å². The van der Waals surface area contributed by atoms with Crippen molar-refractivity contribution in [3.63, 3.8) is 0 Å². The number of hydrogen-bond acceptors (Lipinski definition) is 3. The molecule has 1 amide bonds. The summed E-state index contributed by atoms with van der Waals surface area (Å²) >= 11 is 3.44. The van der Waals surface area contributed by atoms with Crippen LogP contribution in [0, 0.1) is 0 Å². The number of halogens is 1. The fourth-order valence-electron chi connectivity index (χ4n) is 2.64. The molecule has 1 aliphatic carbocycles. The monoisotopic (exact) mass is 368 g/mol. The molecule has 22 heavy (non-hydrogen) atoms. The molecule has 0 heterocycles. The highest BCUT2D eigenvalue weighted by atomic mass is 79.9. The lowest BCUT2D eigenvalue weighted by Crippen LogP contribution is -2.42. The SMILES string of the molecule is CC(C)(C)OC(=O)N[C@H]1CC[C@H](Nc2ccc(Br)cc2)CC1. The third-order valence-electron chi connectivity index (χ3n) is 3.66. The van der Waals surface area contributed by atoms with Crippen LogP contribution in [0.3, 0.4) is 0 Å². The number of carbonyl (C=O) groups excluding carboxylic acids is 1. The van der Waals surface area contributed by atoms with Crippen LogP contribution in [0.4, 0.5) is 10.5 Å². The number of ether oxygens (including phenoxy) is 1. The van der Waals surface area contributed by atoms with Crippen molar-refractivity contribution in [1.82, 2.24) is 5.32 Å². The summed E-state index contributed by atoms with van der Waals surface area (Å²) in [5.74, 6) is 0. The molecule has 0 atom stereocenters. The standard InChI is InChI=1S/C17H25BrN2O2/c1-17(2,3)22-16(21)20-15-10-8-14(9-11-15)19-13-6-4-12(18)5-7-13/h4-7,14-15,19H,8-11H2,1-3H3,(H,20,21)/t14-,15-. The second-order valence-electron chi connectivity index (χ2n) is 6.85. The van der Waals surface area contributed by atoms with Crippen molar-refractivity contribution in [3.8, 4) is 0 Å². The highest BCUT2D eigenvalue weighted by Gasteiger charge is 2.24. The second-order valence-corrected chi connectivity index (χ2v) is 7.76. The van der Waals surface area contributed by atoms with E-state index < -0.39 is 5.60 Å². The highest BCUT2D eigenvalue weighted by molar-refractivity contribution is 9.10. The third-order valence-corrected chi connectivity index (χ3v) is 4.19. The van der Waals surface area contributed by atoms with Crippen LogP contribution in [0.1, 0.15) is 46.5 Å². The molecule has 1 aromatic rings. The zero-order valence-corrected chi connectivity index (χ0v) is 15.1. The Morgan fingerprint density at radius 3 is 2.18 bits per heavy atom. The van der Waals surface area contributed by atoms with Crippen LogP contribution in [-0.2, 0) is 4.74 Å². The zero-order valence-electron chi connectivity index (χ0n) is 13.5. The number of nitrogens with one attached hydrogen (secondary N) is 2. The number of anilines is 1. The maximum atomic E-state index is 11.8. The van der Waals surface area contributed by atoms with Gasteiger partial charge in [0.2, 0.25) is 0 Å². The van der Waals surface area contributed by atoms with Crippen LogP contribution in [0.25, 0.3) is 0 Å². The summed E-state index contributed by atoms with van der Waals surface area (Å²) < 4.78 is 6.39. The van der Waals surface area contributed by atoms with Crippen molar-refractivity contribution in [1.29, 1.82) is 0 Å². The number of rotatable bonds is 3. The Morgan fingerprint density at radius 2 is 1.64 bits per heavy atom. The Balaban J connectivity index is 1.73. The Labute approximate surface area is 141 Å². The van der Waals surface area contributed by atoms with Crippen LogP contribution in [0.2, 0.25) is 0 Å². The summed E-state index contributed by atoms with van der Waals surface area (Å²) in [6.07, 6.45) is 3.75. The molecule has 1 fully saturated rings. The molecule has 0 saturated heterocycles. The predicted molar refractivity (Wildman–Crippen MR) is 93.2 cm³/mol. The van der Waals surface area contributed by atoms with Gasteiger partial charge in [-0.05, 0) is 70.7 Å². The molecule has 5 heteroatoms. The summed E-state index contributed by atoms with van der Waals surface area (Å²) in [6.45, 7) is 5.64. The second kappa shape index (κ2) is 7.36. The summed E-state index contributed by atoms with van der Waals surface area (Å²) in [5, 5.41) is 6.53. The number of alkyl carbamates (subject to hydrolysis) is 1. The Kier molecular flexibility index (Phi) is 5.73. The minimum Gasteiger partial charge on any atom is -0.444 e. The van der Waals surface area contributed by atoms with Gasteiger partial charge in [-0.3, -0.25) is 0 Å². The molecule has 1 aliphatic rings. The zero-order chi connectivity index (χ0) is 16.2. The summed E-state index contributed by atoms with van der Waals surface area (Å²) in [7, 11) is 0. The lowest BCUT2D eigenvalue weighted by Gasteiger charge is -2.31. The average molecular weight is 369 g/mol. The number of carbonyl (C=O) groups is 1. The van der Waals surface area contributed by atoms with Crippen LogP contribution >= 0.6 is 15.9 Å². The molecule has 0 radical (unpaired) electrons. The van der Waals surface area contributed by atoms with Gasteiger partial charge < -0.3 is 15.4 Å². The molecule has 1 aromatic carbocycles. The van der Waals surface area contributed by atoms with Gasteiger partial charge in [-0.25, -0.2) is 4.79 Å². The molecular formula is C17H25BrN2O2. The van der Waals surface area contributed by atoms with E-state index in [-0.39, 0.29) is 12.1 Å². The van der Waals surface area contributed by atoms with Gasteiger partial charge >= 0.3 is 6.09 Å². The van der Waals surface area contributed by atoms with E-state index in [1.54, 1.807) is 0 Å². The Morgan fingerprint density at radius 1 is 1.09 bits per heavy atom. The minimum atomic E-state index is -0.440. The highest BCUT2D eigenvalue weighted by Crippen LogP contribution is 2.23. The third kappa shape index (κ3) is 5.87. The molecule has 0 spiro atoms. The number of hydrogen-bond donors (Lipinski definition) is 2. The fourth-order valence-corrected chi connectivity index (χ4v) is 2.90. The van der Waals surface area contributed by atoms with Crippen LogP contribution < -0.4 is 10.6 Å². The molecule has 122 valence electrons. The molecule has 0 aliphatic heterocycles. The quantitative estimate of drug-likeness (QED) is 0.812. The first-order valence-corrected chi connectivity index (χ1v) is 8.63. The lowest BCUT2D eigenvalue weighted by molar-refractivity contribution is 0.0492. The summed E-state index contributed by atoms with van der Waals surface area (Å²) in [5.41, 5.74) is 0.705. The van der Waals surface area contributed by atoms with Crippen molar-refractivity contribution in [3.05, 3.63) is 28.7 Å². The van der Waals surface area contributed by atoms with Crippen molar-refractivity contribution in [2.45, 2.75) is 64.1 Å². The van der Waals surface area contributed by atoms with Gasteiger partial charge in [0.15, 0.2) is 0 Å². The van der Waals surface area contributed by atoms with E-state index in [4.69, 9.17) is 4.74 Å². The maximum Gasteiger partial charge on any atom is 0.407 e. The normalized spacial score (nSPS) is 22.0. The van der Waals surface area contributed by atoms with Gasteiger partial charge in [-0.1, -0.05) is 15.9 Å². The van der Waals surface area contributed by atoms with Crippen LogP contribution in [0.15, 0.2) is 28.7 Å². The smallest absolute Gasteiger partial charge is 0.407 e. The molecule has 0 unspecified atom stereocenters. The van der Waals surface area contributed by atoms with E-state index >= 15 is 0 Å². The molecule has 0 aromatic heterocycles. The average Bonchev–Trinajstić information content (AvgIpc) is 2.41. The Hall–Kier alpha value is -1.23. The van der Waals surface area contributed by atoms with Crippen LogP contribution in [0.5, 0.6) is 0 Å². The van der Waals surface area contributed by atoms with E-state index in [9.17, 15) is 4.79 Å². The van der Waals surface area contributed by atoms with Gasteiger partial charge in [0, 0.05) is 22.2 Å². The van der Waals surface area contributed by atoms with Gasteiger partial charge in [0.25, 0.3) is 0 Å². The number of amides is 1. The first-order valence-electron chi connectivity index (χ1n) is 7.83. The van der Waals surface area contributed by atoms with Gasteiger partial charge in [-0.15, -0.1) is 0 Å². The first-order chi connectivity index (χ1) is 10.3. The molecule has 1 saturated carbocycles. The van der Waals surface area contributed by atoms with E-state index in [1.807, 2.05) is 32.9 Å². The number of benzene rings is 1. The Bertz CT molecular complexity index is 488. The summed E-state index contributed by atoms with van der Waals surface area (Å²) in [6, 6.07) is 8.93. The molecular weight excluding hydrogens is 344 g/mol. The van der Waals surface area contributed by atoms with Crippen molar-refractivity contribution in [2.24, 2.45) is 0 Å². The fraction of sp³-hybridized carbons (Fsp3) is 0.588. The first kappa shape index (κ1) is 17.1. The molecule has 4 nitrogen and oxygen atoms in total. The minimum absolute atomic E-state index is 0.220. The van der Waals surface area contributed by atoms with E-state index in [2.05, 4.69) is 38.7 Å². The van der Waals surface area contributed by atoms with Crippen molar-refractivity contribution >= 4 is 27.7 Å². The molecule has 2 rings (SSSR count). The lowest BCUT2D eigenvalue weighted by atomic mass is 9.91. The molecule has 2 N–H and O–H groups in total. The van der Waals surface area contributed by atoms with Crippen LogP contribution in [-0.4, -0.2) is 23.8 Å². The van der Waals surface area contributed by atoms with Crippen molar-refractivity contribution < 1.29 is 9.53 Å². The van der Waals surface area contributed by atoms with Gasteiger partial charge in [0.1, 0.15) is 5.60 Å². The largest absolute Gasteiger partial charge is 0.444 e. The molecule has 0 bridgehead atoms. The maximum absolute atomic E-state index is 11.8. The topological polar surface area (TPSA) is 50.4 Å². The van der Waals surface area contributed by atoms with Gasteiger partial charge in [0.05, 0.1) is 0 Å². The van der Waals surface area contributed by atoms with E-state index in [0.29, 0.717) is 6.04 Å².